The molecule has 0 aromatic heterocycles. The van der Waals surface area contributed by atoms with E-state index in [-0.39, 0.29) is 11.5 Å². The fraction of sp³-hybridized carbons (Fsp3) is 0.917. The first-order chi connectivity index (χ1) is 20.1. The lowest BCUT2D eigenvalue weighted by molar-refractivity contribution is 0.226. The molecule has 0 fully saturated rings. The van der Waals surface area contributed by atoms with E-state index in [1.807, 2.05) is 13.0 Å². The van der Waals surface area contributed by atoms with Crippen LogP contribution in [0, 0.1) is 0 Å². The molecule has 0 rings (SSSR count). The van der Waals surface area contributed by atoms with Gasteiger partial charge in [0.2, 0.25) is 0 Å². The van der Waals surface area contributed by atoms with E-state index in [2.05, 4.69) is 34.3 Å². The summed E-state index contributed by atoms with van der Waals surface area (Å²) in [6.45, 7) is 12.6. The molecule has 0 heterocycles. The minimum absolute atomic E-state index is 0. The van der Waals surface area contributed by atoms with Crippen LogP contribution in [0.5, 0.6) is 0 Å². The Bertz CT molecular complexity index is 522. The van der Waals surface area contributed by atoms with Gasteiger partial charge >= 0.3 is 42.0 Å². The highest BCUT2D eigenvalue weighted by Crippen LogP contribution is 2.20. The van der Waals surface area contributed by atoms with E-state index in [9.17, 15) is 0 Å². The molecule has 44 heavy (non-hydrogen) atoms. The summed E-state index contributed by atoms with van der Waals surface area (Å²) in [4.78, 5) is 25.5. The minimum atomic E-state index is -3.69. The van der Waals surface area contributed by atoms with Gasteiger partial charge in [0, 0.05) is 33.4 Å². The van der Waals surface area contributed by atoms with Gasteiger partial charge in [-0.1, -0.05) is 116 Å². The van der Waals surface area contributed by atoms with Gasteiger partial charge in [0.1, 0.15) is 0 Å². The molecular formula is C24H62Cl4O11Si5. The Balaban J connectivity index is -0.0000000481. The molecule has 0 unspecified atom stereocenters. The van der Waals surface area contributed by atoms with Gasteiger partial charge in [-0.05, 0) is 12.8 Å². The van der Waals surface area contributed by atoms with Crippen molar-refractivity contribution in [2.75, 3.05) is 21.3 Å². The van der Waals surface area contributed by atoms with Gasteiger partial charge in [-0.3, -0.25) is 17.8 Å². The number of unbranched alkanes of at least 4 members (excludes halogenated alkanes) is 8. The molecule has 0 bridgehead atoms. The lowest BCUT2D eigenvalue weighted by atomic mass is 10.2. The van der Waals surface area contributed by atoms with Crippen LogP contribution < -0.4 is 0 Å². The van der Waals surface area contributed by atoms with E-state index < -0.39 is 42.0 Å². The Morgan fingerprint density at radius 1 is 0.682 bits per heavy atom. The summed E-state index contributed by atoms with van der Waals surface area (Å²) in [5.41, 5.74) is 0. The Morgan fingerprint density at radius 2 is 0.932 bits per heavy atom. The van der Waals surface area contributed by atoms with Crippen LogP contribution in [0.4, 0.5) is 0 Å². The van der Waals surface area contributed by atoms with Gasteiger partial charge in [0.05, 0.1) is 0 Å². The van der Waals surface area contributed by atoms with Crippen molar-refractivity contribution in [2.45, 2.75) is 124 Å². The standard InChI is InChI=1S/C7H17ClO2Si.C6H14.C5H14O3Si.C5H10.CH4O.Cl3HSi.2O2Si.H2O/c1-4-5-6-7-11(8,9-2)10-3;1-3-5-6-4-2;1-2-3-4-5-9(6,7)8;1-3-5-4-2;1-2;1-4(2)3;2*1-3-2;/h4-7H2,1-3H3;3-6H2,1-2H3;6-8H,2-5H2,1H3;3H,1,4-5H2,2H3;2H,1H3;4H;;;1H2. The second kappa shape index (κ2) is 66.3. The zero-order valence-corrected chi connectivity index (χ0v) is 36.2. The van der Waals surface area contributed by atoms with Crippen molar-refractivity contribution in [1.82, 2.24) is 0 Å². The average molecular weight is 809 g/mol. The number of aliphatic hydroxyl groups excluding tert-OH is 1. The lowest BCUT2D eigenvalue weighted by Crippen LogP contribution is -2.33. The molecule has 0 spiro atoms. The third kappa shape index (κ3) is 132. The third-order valence-corrected chi connectivity index (χ3v) is 8.94. The van der Waals surface area contributed by atoms with E-state index >= 15 is 0 Å². The smallest absolute Gasteiger partial charge is 0.412 e. The van der Waals surface area contributed by atoms with Crippen molar-refractivity contribution in [1.29, 1.82) is 0 Å². The van der Waals surface area contributed by atoms with E-state index in [1.54, 1.807) is 14.2 Å². The van der Waals surface area contributed by atoms with Crippen molar-refractivity contribution >= 4 is 86.3 Å². The van der Waals surface area contributed by atoms with E-state index in [1.165, 1.54) is 44.9 Å². The average Bonchev–Trinajstić information content (AvgIpc) is 2.94. The van der Waals surface area contributed by atoms with Crippen LogP contribution in [-0.4, -0.2) is 88.3 Å². The molecule has 0 aliphatic rings. The monoisotopic (exact) mass is 806 g/mol. The zero-order chi connectivity index (χ0) is 36.0. The Hall–Kier alpha value is 0.904. The van der Waals surface area contributed by atoms with Crippen LogP contribution in [0.15, 0.2) is 12.7 Å². The fourth-order valence-corrected chi connectivity index (χ4v) is 4.56. The first kappa shape index (κ1) is 67.1. The molecule has 0 saturated heterocycles. The van der Waals surface area contributed by atoms with Crippen LogP contribution in [0.25, 0.3) is 0 Å². The molecule has 0 radical (unpaired) electrons. The Labute approximate surface area is 294 Å². The first-order valence-electron chi connectivity index (χ1n) is 14.1. The van der Waals surface area contributed by atoms with E-state index in [0.29, 0.717) is 6.42 Å². The maximum atomic E-state index is 8.49. The number of hydrogen-bond donors (Lipinski definition) is 4. The second-order valence-electron chi connectivity index (χ2n) is 7.96. The Morgan fingerprint density at radius 3 is 1.09 bits per heavy atom. The van der Waals surface area contributed by atoms with Gasteiger partial charge < -0.3 is 33.8 Å². The van der Waals surface area contributed by atoms with Gasteiger partial charge in [-0.2, -0.15) is 0 Å². The second-order valence-corrected chi connectivity index (χ2v) is 21.1. The molecule has 6 N–H and O–H groups in total. The molecule has 0 atom stereocenters. The van der Waals surface area contributed by atoms with Crippen molar-refractivity contribution in [3.63, 3.8) is 0 Å². The van der Waals surface area contributed by atoms with Gasteiger partial charge in [-0.25, -0.2) is 0 Å². The fourth-order valence-electron chi connectivity index (χ4n) is 2.19. The van der Waals surface area contributed by atoms with Crippen molar-refractivity contribution < 1.29 is 51.7 Å². The SMILES string of the molecule is C=CCCC.CCCCCC.CCCCC[Si](Cl)(OC)OC.CCCCC[Si](O)(O)O.CO.Cl[SiH](Cl)Cl.O.O=[Si]=O.O=[Si]=O. The van der Waals surface area contributed by atoms with Crippen LogP contribution in [0.1, 0.15) is 112 Å². The highest BCUT2D eigenvalue weighted by Gasteiger charge is 2.32. The molecule has 0 aliphatic heterocycles. The molecule has 0 aliphatic carbocycles. The molecular weight excluding hydrogens is 746 g/mol. The summed E-state index contributed by atoms with van der Waals surface area (Å²) in [5, 5.41) is 7.00. The van der Waals surface area contributed by atoms with Crippen LogP contribution in [0.2, 0.25) is 12.1 Å². The van der Waals surface area contributed by atoms with Crippen molar-refractivity contribution in [3.05, 3.63) is 12.7 Å². The van der Waals surface area contributed by atoms with Crippen molar-refractivity contribution in [2.24, 2.45) is 0 Å². The van der Waals surface area contributed by atoms with Crippen LogP contribution in [0.3, 0.4) is 0 Å². The quantitative estimate of drug-likeness (QED) is 0.0633. The summed E-state index contributed by atoms with van der Waals surface area (Å²) < 4.78 is 43.8. The Kier molecular flexibility index (Phi) is 101. The van der Waals surface area contributed by atoms with Crippen LogP contribution >= 0.6 is 44.3 Å². The maximum Gasteiger partial charge on any atom is 0.549 e. The first-order valence-corrected chi connectivity index (χ1v) is 26.0. The summed E-state index contributed by atoms with van der Waals surface area (Å²) in [7, 11) is -4.55. The third-order valence-electron chi connectivity index (χ3n) is 4.25. The van der Waals surface area contributed by atoms with E-state index in [0.717, 1.165) is 38.8 Å². The number of halogens is 4. The maximum absolute atomic E-state index is 8.49. The summed E-state index contributed by atoms with van der Waals surface area (Å²) in [6, 6.07) is 1.07. The molecule has 20 heteroatoms. The minimum Gasteiger partial charge on any atom is -0.412 e. The van der Waals surface area contributed by atoms with Crippen LogP contribution in [-0.2, 0) is 26.7 Å². The van der Waals surface area contributed by atoms with Gasteiger partial charge in [0.15, 0.2) is 0 Å². The van der Waals surface area contributed by atoms with E-state index in [4.69, 9.17) is 90.5 Å². The molecule has 0 amide bonds. The topological polar surface area (TPSA) is 199 Å². The molecule has 0 saturated carbocycles. The summed E-state index contributed by atoms with van der Waals surface area (Å²) >= 11 is 20.9. The summed E-state index contributed by atoms with van der Waals surface area (Å²) in [6.07, 6.45) is 16.1. The predicted molar refractivity (Wildman–Crippen MR) is 192 cm³/mol. The van der Waals surface area contributed by atoms with Gasteiger partial charge in [0.25, 0.3) is 0 Å². The number of rotatable bonds is 15. The number of allylic oxidation sites excluding steroid dienone is 1. The molecule has 0 aromatic rings. The highest BCUT2D eigenvalue weighted by molar-refractivity contribution is 7.54. The highest BCUT2D eigenvalue weighted by atomic mass is 35.8. The van der Waals surface area contributed by atoms with Crippen molar-refractivity contribution in [3.8, 4) is 0 Å². The molecule has 0 aromatic carbocycles. The molecule has 272 valence electrons. The summed E-state index contributed by atoms with van der Waals surface area (Å²) in [5.74, 6) is 0. The number of hydrogen-bond acceptors (Lipinski definition) is 10. The lowest BCUT2D eigenvalue weighted by Gasteiger charge is -2.18. The predicted octanol–water partition coefficient (Wildman–Crippen LogP) is 6.27. The van der Waals surface area contributed by atoms with Gasteiger partial charge in [-0.15, -0.1) is 39.8 Å². The number of aliphatic hydroxyl groups is 1. The largest absolute Gasteiger partial charge is 0.549 e. The molecule has 11 nitrogen and oxygen atoms in total. The zero-order valence-electron chi connectivity index (χ0n) is 28.0. The normalized spacial score (nSPS) is 8.84.